The van der Waals surface area contributed by atoms with Crippen molar-refractivity contribution in [3.05, 3.63) is 78.0 Å². The molecule has 0 fully saturated rings. The molecule has 4 nitrogen and oxygen atoms in total. The molecule has 4 aromatic rings. The van der Waals surface area contributed by atoms with Gasteiger partial charge in [-0.3, -0.25) is 4.79 Å². The number of para-hydroxylation sites is 2. The summed E-state index contributed by atoms with van der Waals surface area (Å²) in [5.41, 5.74) is 5.12. The summed E-state index contributed by atoms with van der Waals surface area (Å²) in [4.78, 5) is 13.3. The van der Waals surface area contributed by atoms with Gasteiger partial charge in [-0.05, 0) is 30.3 Å². The Morgan fingerprint density at radius 1 is 0.815 bits per heavy atom. The Balaban J connectivity index is 1.91. The van der Waals surface area contributed by atoms with E-state index in [1.165, 1.54) is 0 Å². The van der Waals surface area contributed by atoms with Gasteiger partial charge in [0.2, 0.25) is 5.78 Å². The molecule has 0 bridgehead atoms. The molecule has 1 aromatic heterocycles. The number of ketones is 1. The van der Waals surface area contributed by atoms with Crippen LogP contribution in [0.2, 0.25) is 0 Å². The van der Waals surface area contributed by atoms with Gasteiger partial charge < -0.3 is 14.0 Å². The maximum absolute atomic E-state index is 13.3. The molecule has 0 unspecified atom stereocenters. The maximum Gasteiger partial charge on any atom is 0.212 e. The standard InChI is InChI=1S/C23H17NO3/c1-26-14-11-12-17(20(13-14)27-2)21-15-7-3-5-9-18(15)24-19-10-6-4-8-16(19)23(25)22(21)24/h3-13H,1-2H3. The molecule has 2 heterocycles. The molecule has 0 N–H and O–H groups in total. The van der Waals surface area contributed by atoms with Crippen molar-refractivity contribution < 1.29 is 14.3 Å². The Bertz CT molecular complexity index is 1220. The second-order valence-corrected chi connectivity index (χ2v) is 6.49. The fourth-order valence-electron chi connectivity index (χ4n) is 3.97. The zero-order valence-electron chi connectivity index (χ0n) is 15.0. The van der Waals surface area contributed by atoms with Gasteiger partial charge in [-0.1, -0.05) is 30.3 Å². The lowest BCUT2D eigenvalue weighted by Gasteiger charge is -2.11. The van der Waals surface area contributed by atoms with E-state index in [0.717, 1.165) is 33.3 Å². The number of carbonyl (C=O) groups excluding carboxylic acids is 1. The number of nitrogens with zero attached hydrogens (tertiary/aromatic N) is 1. The first-order valence-corrected chi connectivity index (χ1v) is 8.74. The number of benzene rings is 3. The molecule has 132 valence electrons. The molecular formula is C23H17NO3. The highest BCUT2D eigenvalue weighted by atomic mass is 16.5. The summed E-state index contributed by atoms with van der Waals surface area (Å²) in [5, 5.41) is 1.03. The van der Waals surface area contributed by atoms with Crippen LogP contribution >= 0.6 is 0 Å². The summed E-state index contributed by atoms with van der Waals surface area (Å²) in [6.45, 7) is 0. The number of methoxy groups -OCH3 is 2. The molecule has 1 aliphatic heterocycles. The van der Waals surface area contributed by atoms with Crippen molar-refractivity contribution in [1.82, 2.24) is 4.57 Å². The predicted octanol–water partition coefficient (Wildman–Crippen LogP) is 4.86. The molecule has 3 aromatic carbocycles. The molecular weight excluding hydrogens is 338 g/mol. The monoisotopic (exact) mass is 355 g/mol. The minimum Gasteiger partial charge on any atom is -0.497 e. The lowest BCUT2D eigenvalue weighted by Crippen LogP contribution is -1.99. The summed E-state index contributed by atoms with van der Waals surface area (Å²) < 4.78 is 13.0. The van der Waals surface area contributed by atoms with Gasteiger partial charge in [0, 0.05) is 28.1 Å². The van der Waals surface area contributed by atoms with Crippen LogP contribution in [0.4, 0.5) is 0 Å². The average molecular weight is 355 g/mol. The fourth-order valence-corrected chi connectivity index (χ4v) is 3.97. The lowest BCUT2D eigenvalue weighted by molar-refractivity contribution is 0.104. The van der Waals surface area contributed by atoms with Crippen LogP contribution in [0.25, 0.3) is 27.7 Å². The molecule has 0 saturated carbocycles. The van der Waals surface area contributed by atoms with Gasteiger partial charge in [0.25, 0.3) is 0 Å². The summed E-state index contributed by atoms with van der Waals surface area (Å²) >= 11 is 0. The molecule has 4 heteroatoms. The van der Waals surface area contributed by atoms with Crippen molar-refractivity contribution >= 4 is 16.7 Å². The number of fused-ring (bicyclic) bond motifs is 5. The minimum absolute atomic E-state index is 0.0367. The first kappa shape index (κ1) is 15.7. The fraction of sp³-hybridized carbons (Fsp3) is 0.0870. The van der Waals surface area contributed by atoms with Crippen LogP contribution in [0.5, 0.6) is 11.5 Å². The van der Waals surface area contributed by atoms with Gasteiger partial charge in [0.05, 0.1) is 25.4 Å². The minimum atomic E-state index is 0.0367. The number of carbonyl (C=O) groups is 1. The zero-order valence-corrected chi connectivity index (χ0v) is 15.0. The van der Waals surface area contributed by atoms with Crippen LogP contribution in [-0.2, 0) is 0 Å². The second-order valence-electron chi connectivity index (χ2n) is 6.49. The van der Waals surface area contributed by atoms with E-state index in [2.05, 4.69) is 10.6 Å². The van der Waals surface area contributed by atoms with Gasteiger partial charge in [-0.15, -0.1) is 0 Å². The van der Waals surface area contributed by atoms with Crippen molar-refractivity contribution in [2.24, 2.45) is 0 Å². The van der Waals surface area contributed by atoms with E-state index < -0.39 is 0 Å². The second kappa shape index (κ2) is 5.74. The quantitative estimate of drug-likeness (QED) is 0.464. The number of hydrogen-bond donors (Lipinski definition) is 0. The first-order chi connectivity index (χ1) is 13.2. The highest BCUT2D eigenvalue weighted by Gasteiger charge is 2.33. The Kier molecular flexibility index (Phi) is 3.34. The van der Waals surface area contributed by atoms with Crippen molar-refractivity contribution in [2.75, 3.05) is 14.2 Å². The molecule has 0 amide bonds. The van der Waals surface area contributed by atoms with Crippen LogP contribution in [0, 0.1) is 0 Å². The summed E-state index contributed by atoms with van der Waals surface area (Å²) in [7, 11) is 3.26. The summed E-state index contributed by atoms with van der Waals surface area (Å²) in [6, 6.07) is 21.5. The normalized spacial score (nSPS) is 12.1. The molecule has 0 atom stereocenters. The SMILES string of the molecule is COc1ccc(-c2c3n(c4ccccc24)-c2ccccc2C3=O)c(OC)c1. The molecule has 0 radical (unpaired) electrons. The smallest absolute Gasteiger partial charge is 0.212 e. The van der Waals surface area contributed by atoms with E-state index in [-0.39, 0.29) is 5.78 Å². The largest absolute Gasteiger partial charge is 0.497 e. The van der Waals surface area contributed by atoms with Crippen molar-refractivity contribution in [3.63, 3.8) is 0 Å². The molecule has 0 aliphatic carbocycles. The van der Waals surface area contributed by atoms with Gasteiger partial charge in [-0.25, -0.2) is 0 Å². The van der Waals surface area contributed by atoms with E-state index in [9.17, 15) is 4.79 Å². The highest BCUT2D eigenvalue weighted by molar-refractivity contribution is 6.23. The lowest BCUT2D eigenvalue weighted by atomic mass is 9.97. The van der Waals surface area contributed by atoms with Crippen LogP contribution in [0.15, 0.2) is 66.7 Å². The van der Waals surface area contributed by atoms with Gasteiger partial charge in [-0.2, -0.15) is 0 Å². The number of rotatable bonds is 3. The predicted molar refractivity (Wildman–Crippen MR) is 105 cm³/mol. The average Bonchev–Trinajstić information content (AvgIpc) is 3.21. The zero-order chi connectivity index (χ0) is 18.5. The molecule has 5 rings (SSSR count). The molecule has 1 aliphatic rings. The number of hydrogen-bond acceptors (Lipinski definition) is 3. The maximum atomic E-state index is 13.3. The van der Waals surface area contributed by atoms with Crippen molar-refractivity contribution in [1.29, 1.82) is 0 Å². The van der Waals surface area contributed by atoms with E-state index in [1.807, 2.05) is 60.7 Å². The van der Waals surface area contributed by atoms with Crippen molar-refractivity contribution in [3.8, 4) is 28.3 Å². The topological polar surface area (TPSA) is 40.5 Å². The van der Waals surface area contributed by atoms with Crippen LogP contribution in [0.3, 0.4) is 0 Å². The third-order valence-electron chi connectivity index (χ3n) is 5.16. The molecule has 27 heavy (non-hydrogen) atoms. The van der Waals surface area contributed by atoms with Crippen LogP contribution < -0.4 is 9.47 Å². The van der Waals surface area contributed by atoms with E-state index in [1.54, 1.807) is 14.2 Å². The Labute approximate surface area is 156 Å². The van der Waals surface area contributed by atoms with E-state index in [4.69, 9.17) is 9.47 Å². The molecule has 0 spiro atoms. The van der Waals surface area contributed by atoms with Crippen molar-refractivity contribution in [2.45, 2.75) is 0 Å². The number of aromatic nitrogens is 1. The first-order valence-electron chi connectivity index (χ1n) is 8.74. The third-order valence-corrected chi connectivity index (χ3v) is 5.16. The van der Waals surface area contributed by atoms with Gasteiger partial charge >= 0.3 is 0 Å². The van der Waals surface area contributed by atoms with Crippen LogP contribution in [-0.4, -0.2) is 24.6 Å². The summed E-state index contributed by atoms with van der Waals surface area (Å²) in [5.74, 6) is 1.43. The Morgan fingerprint density at radius 2 is 1.59 bits per heavy atom. The highest BCUT2D eigenvalue weighted by Crippen LogP contribution is 2.45. The third kappa shape index (κ3) is 2.07. The van der Waals surface area contributed by atoms with Gasteiger partial charge in [0.15, 0.2) is 0 Å². The van der Waals surface area contributed by atoms with E-state index >= 15 is 0 Å². The van der Waals surface area contributed by atoms with E-state index in [0.29, 0.717) is 17.2 Å². The summed E-state index contributed by atoms with van der Waals surface area (Å²) in [6.07, 6.45) is 0. The molecule has 0 saturated heterocycles. The van der Waals surface area contributed by atoms with Crippen LogP contribution in [0.1, 0.15) is 16.1 Å². The van der Waals surface area contributed by atoms with Gasteiger partial charge in [0.1, 0.15) is 17.2 Å². The Hall–Kier alpha value is -3.53. The number of ether oxygens (including phenoxy) is 2. The Morgan fingerprint density at radius 3 is 2.41 bits per heavy atom.